The fraction of sp³-hybridized carbons (Fsp3) is 0.263. The number of sulfonamides is 1. The van der Waals surface area contributed by atoms with E-state index in [0.29, 0.717) is 18.0 Å². The number of carboxylic acids is 1. The number of ether oxygens (including phenoxy) is 1. The van der Waals surface area contributed by atoms with E-state index in [1.165, 1.54) is 43.3 Å². The minimum atomic E-state index is -4.13. The van der Waals surface area contributed by atoms with E-state index in [9.17, 15) is 23.1 Å². The van der Waals surface area contributed by atoms with Gasteiger partial charge in [0.25, 0.3) is 10.0 Å². The predicted octanol–water partition coefficient (Wildman–Crippen LogP) is 2.71. The molecular weight excluding hydrogens is 384 g/mol. The SMILES string of the molecule is CCCOc1ccc(N(CC(=O)O)S(=O)(=O)c2ccc(NC(C)=O)cc2)cc1. The van der Waals surface area contributed by atoms with Crippen LogP contribution in [0.3, 0.4) is 0 Å². The van der Waals surface area contributed by atoms with Crippen LogP contribution in [-0.4, -0.2) is 38.6 Å². The van der Waals surface area contributed by atoms with Gasteiger partial charge in [0, 0.05) is 12.6 Å². The van der Waals surface area contributed by atoms with Gasteiger partial charge in [-0.15, -0.1) is 0 Å². The van der Waals surface area contributed by atoms with Gasteiger partial charge in [-0.3, -0.25) is 13.9 Å². The Morgan fingerprint density at radius 3 is 2.18 bits per heavy atom. The number of benzene rings is 2. The largest absolute Gasteiger partial charge is 0.494 e. The molecule has 0 heterocycles. The number of carbonyl (C=O) groups excluding carboxylic acids is 1. The second kappa shape index (κ2) is 9.23. The third-order valence-electron chi connectivity index (χ3n) is 3.64. The minimum Gasteiger partial charge on any atom is -0.494 e. The van der Waals surface area contributed by atoms with Gasteiger partial charge >= 0.3 is 5.97 Å². The molecule has 0 spiro atoms. The van der Waals surface area contributed by atoms with Gasteiger partial charge in [-0.05, 0) is 55.0 Å². The lowest BCUT2D eigenvalue weighted by Crippen LogP contribution is -2.35. The van der Waals surface area contributed by atoms with Gasteiger partial charge in [0.2, 0.25) is 5.91 Å². The number of anilines is 2. The molecule has 0 bridgehead atoms. The molecule has 0 saturated carbocycles. The summed E-state index contributed by atoms with van der Waals surface area (Å²) < 4.78 is 32.3. The molecule has 0 saturated heterocycles. The van der Waals surface area contributed by atoms with E-state index in [1.807, 2.05) is 6.92 Å². The van der Waals surface area contributed by atoms with E-state index < -0.39 is 22.5 Å². The first-order chi connectivity index (χ1) is 13.2. The number of carbonyl (C=O) groups is 2. The van der Waals surface area contributed by atoms with Crippen LogP contribution in [0.4, 0.5) is 11.4 Å². The summed E-state index contributed by atoms with van der Waals surface area (Å²) in [6, 6.07) is 11.7. The van der Waals surface area contributed by atoms with Gasteiger partial charge in [0.15, 0.2) is 0 Å². The zero-order valence-corrected chi connectivity index (χ0v) is 16.4. The maximum Gasteiger partial charge on any atom is 0.324 e. The Kier molecular flexibility index (Phi) is 7.00. The zero-order valence-electron chi connectivity index (χ0n) is 15.6. The Balaban J connectivity index is 2.35. The van der Waals surface area contributed by atoms with Crippen molar-refractivity contribution < 1.29 is 27.9 Å². The first-order valence-corrected chi connectivity index (χ1v) is 10.0. The monoisotopic (exact) mass is 406 g/mol. The van der Waals surface area contributed by atoms with Crippen LogP contribution in [0.25, 0.3) is 0 Å². The molecule has 0 unspecified atom stereocenters. The molecule has 2 rings (SSSR count). The average Bonchev–Trinajstić information content (AvgIpc) is 2.64. The van der Waals surface area contributed by atoms with Crippen LogP contribution in [0.5, 0.6) is 5.75 Å². The van der Waals surface area contributed by atoms with Crippen molar-refractivity contribution >= 4 is 33.3 Å². The van der Waals surface area contributed by atoms with E-state index in [1.54, 1.807) is 12.1 Å². The summed E-state index contributed by atoms with van der Waals surface area (Å²) >= 11 is 0. The van der Waals surface area contributed by atoms with Crippen LogP contribution in [0.1, 0.15) is 20.3 Å². The Morgan fingerprint density at radius 2 is 1.68 bits per heavy atom. The normalized spacial score (nSPS) is 10.9. The molecule has 0 aliphatic heterocycles. The van der Waals surface area contributed by atoms with Crippen molar-refractivity contribution in [3.63, 3.8) is 0 Å². The van der Waals surface area contributed by atoms with E-state index in [2.05, 4.69) is 5.32 Å². The van der Waals surface area contributed by atoms with Gasteiger partial charge in [-0.25, -0.2) is 8.42 Å². The minimum absolute atomic E-state index is 0.0887. The number of nitrogens with zero attached hydrogens (tertiary/aromatic N) is 1. The summed E-state index contributed by atoms with van der Waals surface area (Å²) in [5.74, 6) is -1.00. The Morgan fingerprint density at radius 1 is 1.07 bits per heavy atom. The summed E-state index contributed by atoms with van der Waals surface area (Å²) in [6.07, 6.45) is 0.829. The van der Waals surface area contributed by atoms with Gasteiger partial charge in [0.1, 0.15) is 12.3 Å². The smallest absolute Gasteiger partial charge is 0.324 e. The third-order valence-corrected chi connectivity index (χ3v) is 5.43. The summed E-state index contributed by atoms with van der Waals surface area (Å²) in [5.41, 5.74) is 0.644. The fourth-order valence-electron chi connectivity index (χ4n) is 2.41. The molecule has 8 nitrogen and oxygen atoms in total. The molecule has 1 amide bonds. The van der Waals surface area contributed by atoms with E-state index in [0.717, 1.165) is 10.7 Å². The Bertz CT molecular complexity index is 924. The number of rotatable bonds is 9. The van der Waals surface area contributed by atoms with Gasteiger partial charge in [0.05, 0.1) is 17.2 Å². The zero-order chi connectivity index (χ0) is 20.7. The van der Waals surface area contributed by atoms with Crippen molar-refractivity contribution in [3.05, 3.63) is 48.5 Å². The van der Waals surface area contributed by atoms with Crippen LogP contribution >= 0.6 is 0 Å². The summed E-state index contributed by atoms with van der Waals surface area (Å²) in [4.78, 5) is 22.3. The number of nitrogens with one attached hydrogen (secondary N) is 1. The molecule has 9 heteroatoms. The summed E-state index contributed by atoms with van der Waals surface area (Å²) in [6.45, 7) is 3.10. The molecule has 0 aliphatic rings. The van der Waals surface area contributed by atoms with Crippen LogP contribution < -0.4 is 14.4 Å². The summed E-state index contributed by atoms with van der Waals surface area (Å²) in [5, 5.41) is 11.7. The van der Waals surface area contributed by atoms with Crippen molar-refractivity contribution in [2.75, 3.05) is 22.8 Å². The molecule has 0 aromatic heterocycles. The maximum absolute atomic E-state index is 13.0. The Hall–Kier alpha value is -3.07. The first kappa shape index (κ1) is 21.2. The summed E-state index contributed by atoms with van der Waals surface area (Å²) in [7, 11) is -4.13. The molecule has 0 atom stereocenters. The topological polar surface area (TPSA) is 113 Å². The highest BCUT2D eigenvalue weighted by Gasteiger charge is 2.27. The highest BCUT2D eigenvalue weighted by molar-refractivity contribution is 7.92. The average molecular weight is 406 g/mol. The molecule has 2 N–H and O–H groups in total. The van der Waals surface area contributed by atoms with E-state index in [4.69, 9.17) is 4.74 Å². The van der Waals surface area contributed by atoms with Crippen molar-refractivity contribution in [1.82, 2.24) is 0 Å². The first-order valence-electron chi connectivity index (χ1n) is 8.59. The molecular formula is C19H22N2O6S. The van der Waals surface area contributed by atoms with Gasteiger partial charge < -0.3 is 15.2 Å². The van der Waals surface area contributed by atoms with Crippen molar-refractivity contribution in [2.45, 2.75) is 25.2 Å². The van der Waals surface area contributed by atoms with Gasteiger partial charge in [-0.2, -0.15) is 0 Å². The van der Waals surface area contributed by atoms with Crippen LogP contribution in [0.2, 0.25) is 0 Å². The molecule has 150 valence electrons. The molecule has 28 heavy (non-hydrogen) atoms. The lowest BCUT2D eigenvalue weighted by atomic mass is 10.3. The van der Waals surface area contributed by atoms with Crippen LogP contribution in [0, 0.1) is 0 Å². The highest BCUT2D eigenvalue weighted by atomic mass is 32.2. The van der Waals surface area contributed by atoms with E-state index in [-0.39, 0.29) is 16.5 Å². The second-order valence-corrected chi connectivity index (χ2v) is 7.82. The molecule has 2 aromatic carbocycles. The van der Waals surface area contributed by atoms with E-state index >= 15 is 0 Å². The number of carboxylic acid groups (broad SMARTS) is 1. The van der Waals surface area contributed by atoms with Crippen LogP contribution in [0.15, 0.2) is 53.4 Å². The van der Waals surface area contributed by atoms with Crippen LogP contribution in [-0.2, 0) is 19.6 Å². The molecule has 0 aliphatic carbocycles. The number of aliphatic carboxylic acids is 1. The van der Waals surface area contributed by atoms with Crippen molar-refractivity contribution in [3.8, 4) is 5.75 Å². The predicted molar refractivity (Wildman–Crippen MR) is 105 cm³/mol. The quantitative estimate of drug-likeness (QED) is 0.662. The number of amides is 1. The third kappa shape index (κ3) is 5.46. The number of hydrogen-bond acceptors (Lipinski definition) is 5. The highest BCUT2D eigenvalue weighted by Crippen LogP contribution is 2.26. The maximum atomic E-state index is 13.0. The lowest BCUT2D eigenvalue weighted by molar-refractivity contribution is -0.135. The lowest BCUT2D eigenvalue weighted by Gasteiger charge is -2.23. The van der Waals surface area contributed by atoms with Crippen molar-refractivity contribution in [1.29, 1.82) is 0 Å². The molecule has 0 radical (unpaired) electrons. The van der Waals surface area contributed by atoms with Crippen molar-refractivity contribution in [2.24, 2.45) is 0 Å². The fourth-order valence-corrected chi connectivity index (χ4v) is 3.82. The Labute approximate surface area is 163 Å². The van der Waals surface area contributed by atoms with Gasteiger partial charge in [-0.1, -0.05) is 6.92 Å². The standard InChI is InChI=1S/C19H22N2O6S/c1-3-12-27-17-8-6-16(7-9-17)21(13-19(23)24)28(25,26)18-10-4-15(5-11-18)20-14(2)22/h4-11H,3,12-13H2,1-2H3,(H,20,22)(H,23,24). The molecule has 0 fully saturated rings. The molecule has 2 aromatic rings. The second-order valence-electron chi connectivity index (χ2n) is 5.95. The number of hydrogen-bond donors (Lipinski definition) is 2.